The van der Waals surface area contributed by atoms with E-state index in [4.69, 9.17) is 0 Å². The smallest absolute Gasteiger partial charge is 0.247 e. The Morgan fingerprint density at radius 3 is 2.51 bits per heavy atom. The molecular weight excluding hydrogens is 518 g/mol. The molecule has 218 valence electrons. The van der Waals surface area contributed by atoms with Crippen LogP contribution in [0.25, 0.3) is 10.8 Å². The molecule has 3 amide bonds. The molecule has 41 heavy (non-hydrogen) atoms. The number of hydrogen-bond acceptors (Lipinski definition) is 7. The van der Waals surface area contributed by atoms with Gasteiger partial charge in [0, 0.05) is 43.9 Å². The summed E-state index contributed by atoms with van der Waals surface area (Å²) in [6, 6.07) is 16.0. The van der Waals surface area contributed by atoms with E-state index >= 15 is 0 Å². The van der Waals surface area contributed by atoms with Crippen LogP contribution in [0.15, 0.2) is 67.0 Å². The molecule has 1 fully saturated rings. The number of aliphatic hydroxyl groups excluding tert-OH is 1. The third-order valence-corrected chi connectivity index (χ3v) is 7.26. The van der Waals surface area contributed by atoms with Gasteiger partial charge in [0.2, 0.25) is 17.7 Å². The number of hydrogen-bond donors (Lipinski definition) is 4. The number of aromatic nitrogens is 1. The summed E-state index contributed by atoms with van der Waals surface area (Å²) < 4.78 is 0. The van der Waals surface area contributed by atoms with Crippen molar-refractivity contribution in [3.8, 4) is 0 Å². The van der Waals surface area contributed by atoms with E-state index in [9.17, 15) is 19.5 Å². The number of rotatable bonds is 11. The lowest BCUT2D eigenvalue weighted by Gasteiger charge is -2.35. The van der Waals surface area contributed by atoms with Crippen molar-refractivity contribution in [3.05, 3.63) is 78.1 Å². The van der Waals surface area contributed by atoms with E-state index in [-0.39, 0.29) is 25.4 Å². The zero-order chi connectivity index (χ0) is 29.4. The minimum atomic E-state index is -1.08. The van der Waals surface area contributed by atoms with Crippen LogP contribution in [0.3, 0.4) is 0 Å². The van der Waals surface area contributed by atoms with Gasteiger partial charge in [-0.25, -0.2) is 0 Å². The molecule has 0 bridgehead atoms. The summed E-state index contributed by atoms with van der Waals surface area (Å²) in [5.74, 6) is -1.27. The standard InChI is InChI=1S/C32H41N5O4/c1-32(2,3)31(41)37(30(40)27-11-7-15-35-27)28(17-22-12-13-24-9-4-5-10-25(24)16-22)29(39)36-21-26(38)20-34-19-23-8-6-14-33-18-23/h4-6,8-10,12-14,16,18,26-28,34-35,38H,7,11,15,17,19-21H2,1-3H3,(H,36,39)/t26?,27-,28+/m0/s1. The summed E-state index contributed by atoms with van der Waals surface area (Å²) in [5, 5.41) is 21.8. The van der Waals surface area contributed by atoms with E-state index in [1.807, 2.05) is 54.6 Å². The van der Waals surface area contributed by atoms with Crippen LogP contribution in [0.1, 0.15) is 44.7 Å². The Hall–Kier alpha value is -3.66. The van der Waals surface area contributed by atoms with E-state index in [0.29, 0.717) is 19.5 Å². The lowest BCUT2D eigenvalue weighted by molar-refractivity contribution is -0.157. The van der Waals surface area contributed by atoms with Gasteiger partial charge in [-0.15, -0.1) is 0 Å². The molecule has 1 unspecified atom stereocenters. The Morgan fingerprint density at radius 2 is 1.83 bits per heavy atom. The van der Waals surface area contributed by atoms with Gasteiger partial charge in [0.25, 0.3) is 0 Å². The zero-order valence-corrected chi connectivity index (χ0v) is 24.1. The summed E-state index contributed by atoms with van der Waals surface area (Å²) in [6.45, 7) is 6.69. The Kier molecular flexibility index (Phi) is 10.2. The predicted octanol–water partition coefficient (Wildman–Crippen LogP) is 2.57. The van der Waals surface area contributed by atoms with Crippen LogP contribution < -0.4 is 16.0 Å². The summed E-state index contributed by atoms with van der Waals surface area (Å²) in [6.07, 6.45) is 4.17. The van der Waals surface area contributed by atoms with E-state index in [2.05, 4.69) is 20.9 Å². The van der Waals surface area contributed by atoms with Gasteiger partial charge in [0.05, 0.1) is 12.1 Å². The van der Waals surface area contributed by atoms with Crippen LogP contribution in [0, 0.1) is 5.41 Å². The molecule has 0 radical (unpaired) electrons. The Bertz CT molecular complexity index is 1330. The highest BCUT2D eigenvalue weighted by Gasteiger charge is 2.42. The van der Waals surface area contributed by atoms with Crippen molar-refractivity contribution in [1.29, 1.82) is 0 Å². The first-order valence-electron chi connectivity index (χ1n) is 14.3. The minimum absolute atomic E-state index is 0.0273. The van der Waals surface area contributed by atoms with Gasteiger partial charge < -0.3 is 21.1 Å². The molecule has 0 aliphatic carbocycles. The lowest BCUT2D eigenvalue weighted by Crippen LogP contribution is -2.60. The Morgan fingerprint density at radius 1 is 1.05 bits per heavy atom. The first kappa shape index (κ1) is 30.3. The fourth-order valence-electron chi connectivity index (χ4n) is 5.00. The largest absolute Gasteiger partial charge is 0.390 e. The maximum absolute atomic E-state index is 13.8. The third kappa shape index (κ3) is 8.19. The van der Waals surface area contributed by atoms with Gasteiger partial charge in [-0.2, -0.15) is 0 Å². The number of nitrogens with one attached hydrogen (secondary N) is 3. The number of nitrogens with zero attached hydrogens (tertiary/aromatic N) is 2. The van der Waals surface area contributed by atoms with Crippen molar-refractivity contribution in [2.45, 2.75) is 64.8 Å². The summed E-state index contributed by atoms with van der Waals surface area (Å²) in [7, 11) is 0. The monoisotopic (exact) mass is 559 g/mol. The van der Waals surface area contributed by atoms with Gasteiger partial charge in [-0.3, -0.25) is 24.3 Å². The van der Waals surface area contributed by atoms with Crippen molar-refractivity contribution in [2.24, 2.45) is 5.41 Å². The number of pyridine rings is 1. The molecular formula is C32H41N5O4. The van der Waals surface area contributed by atoms with Crippen molar-refractivity contribution in [3.63, 3.8) is 0 Å². The summed E-state index contributed by atoms with van der Waals surface area (Å²) in [4.78, 5) is 46.6. The average molecular weight is 560 g/mol. The highest BCUT2D eigenvalue weighted by atomic mass is 16.3. The molecule has 0 saturated carbocycles. The van der Waals surface area contributed by atoms with E-state index in [0.717, 1.165) is 28.3 Å². The highest BCUT2D eigenvalue weighted by molar-refractivity contribution is 6.04. The van der Waals surface area contributed by atoms with Gasteiger partial charge in [-0.05, 0) is 47.4 Å². The molecule has 0 spiro atoms. The highest BCUT2D eigenvalue weighted by Crippen LogP contribution is 2.25. The first-order valence-corrected chi connectivity index (χ1v) is 14.3. The van der Waals surface area contributed by atoms with Gasteiger partial charge >= 0.3 is 0 Å². The minimum Gasteiger partial charge on any atom is -0.390 e. The molecule has 4 rings (SSSR count). The predicted molar refractivity (Wildman–Crippen MR) is 159 cm³/mol. The van der Waals surface area contributed by atoms with Crippen LogP contribution in [0.2, 0.25) is 0 Å². The number of imide groups is 1. The number of benzene rings is 2. The third-order valence-electron chi connectivity index (χ3n) is 7.26. The molecule has 2 heterocycles. The van der Waals surface area contributed by atoms with Crippen LogP contribution in [-0.4, -0.2) is 70.5 Å². The SMILES string of the molecule is CC(C)(C)C(=O)N(C(=O)[C@@H]1CCCN1)[C@H](Cc1ccc2ccccc2c1)C(=O)NCC(O)CNCc1cccnc1. The Labute approximate surface area is 241 Å². The van der Waals surface area contributed by atoms with Crippen LogP contribution in [0.4, 0.5) is 0 Å². The van der Waals surface area contributed by atoms with Crippen LogP contribution >= 0.6 is 0 Å². The van der Waals surface area contributed by atoms with E-state index in [1.54, 1.807) is 33.2 Å². The molecule has 3 atom stereocenters. The first-order chi connectivity index (χ1) is 19.6. The topological polar surface area (TPSA) is 124 Å². The van der Waals surface area contributed by atoms with Crippen molar-refractivity contribution >= 4 is 28.5 Å². The fraction of sp³-hybridized carbons (Fsp3) is 0.438. The summed E-state index contributed by atoms with van der Waals surface area (Å²) in [5.41, 5.74) is 0.933. The summed E-state index contributed by atoms with van der Waals surface area (Å²) >= 11 is 0. The number of amides is 3. The number of carbonyl (C=O) groups is 3. The number of fused-ring (bicyclic) bond motifs is 1. The van der Waals surface area contributed by atoms with Crippen molar-refractivity contribution < 1.29 is 19.5 Å². The second-order valence-corrected chi connectivity index (χ2v) is 11.7. The van der Waals surface area contributed by atoms with E-state index < -0.39 is 35.4 Å². The maximum atomic E-state index is 13.8. The lowest BCUT2D eigenvalue weighted by atomic mass is 9.91. The molecule has 9 nitrogen and oxygen atoms in total. The molecule has 4 N–H and O–H groups in total. The normalized spacial score (nSPS) is 16.7. The van der Waals surface area contributed by atoms with Crippen molar-refractivity contribution in [2.75, 3.05) is 19.6 Å². The molecule has 1 aromatic heterocycles. The van der Waals surface area contributed by atoms with Gasteiger partial charge in [-0.1, -0.05) is 69.3 Å². The average Bonchev–Trinajstić information content (AvgIpc) is 3.51. The molecule has 1 aliphatic heterocycles. The number of carbonyl (C=O) groups excluding carboxylic acids is 3. The quantitative estimate of drug-likeness (QED) is 0.285. The Balaban J connectivity index is 1.54. The van der Waals surface area contributed by atoms with Crippen LogP contribution in [0.5, 0.6) is 0 Å². The van der Waals surface area contributed by atoms with Crippen LogP contribution in [-0.2, 0) is 27.3 Å². The van der Waals surface area contributed by atoms with Gasteiger partial charge in [0.1, 0.15) is 6.04 Å². The second kappa shape index (κ2) is 13.8. The molecule has 3 aromatic rings. The van der Waals surface area contributed by atoms with E-state index in [1.165, 1.54) is 4.90 Å². The zero-order valence-electron chi connectivity index (χ0n) is 24.1. The maximum Gasteiger partial charge on any atom is 0.247 e. The van der Waals surface area contributed by atoms with Crippen molar-refractivity contribution in [1.82, 2.24) is 25.8 Å². The molecule has 9 heteroatoms. The van der Waals surface area contributed by atoms with Gasteiger partial charge in [0.15, 0.2) is 0 Å². The number of aliphatic hydroxyl groups is 1. The molecule has 1 aliphatic rings. The fourth-order valence-corrected chi connectivity index (χ4v) is 5.00. The molecule has 1 saturated heterocycles. The molecule has 2 aromatic carbocycles. The second-order valence-electron chi connectivity index (χ2n) is 11.7.